The molecule has 28 heavy (non-hydrogen) atoms. The standard InChI is InChI=1S/C18H28N8O2/c1-17(2,3)15-4-14(20-21-15)7-24-5-13-6-25(10-18(13,9-24)11-27)16(28)8-26-12-19-22-23-26/h4,12-13,27H,5-11H2,1-3H3,(H,20,21). The zero-order valence-electron chi connectivity index (χ0n) is 16.7. The summed E-state index contributed by atoms with van der Waals surface area (Å²) in [6.45, 7) is 10.3. The van der Waals surface area contributed by atoms with Crippen molar-refractivity contribution in [1.29, 1.82) is 0 Å². The number of tetrazole rings is 1. The molecule has 2 aliphatic heterocycles. The molecule has 2 N–H and O–H groups in total. The molecule has 4 rings (SSSR count). The first kappa shape index (κ1) is 19.0. The lowest BCUT2D eigenvalue weighted by Gasteiger charge is -2.27. The first-order valence-electron chi connectivity index (χ1n) is 9.66. The molecule has 2 aliphatic rings. The number of hydrogen-bond acceptors (Lipinski definition) is 7. The summed E-state index contributed by atoms with van der Waals surface area (Å²) in [6, 6.07) is 2.13. The van der Waals surface area contributed by atoms with Crippen molar-refractivity contribution >= 4 is 5.91 Å². The Bertz CT molecular complexity index is 827. The van der Waals surface area contributed by atoms with E-state index in [1.807, 2.05) is 4.90 Å². The van der Waals surface area contributed by atoms with Crippen LogP contribution in [0.25, 0.3) is 0 Å². The molecule has 4 heterocycles. The Morgan fingerprint density at radius 1 is 1.36 bits per heavy atom. The van der Waals surface area contributed by atoms with Crippen molar-refractivity contribution in [2.75, 3.05) is 32.8 Å². The Kier molecular flexibility index (Phi) is 4.70. The van der Waals surface area contributed by atoms with Gasteiger partial charge in [0.15, 0.2) is 0 Å². The Balaban J connectivity index is 1.38. The molecule has 10 heteroatoms. The molecule has 152 valence electrons. The Morgan fingerprint density at radius 3 is 2.79 bits per heavy atom. The summed E-state index contributed by atoms with van der Waals surface area (Å²) in [5.74, 6) is 0.254. The van der Waals surface area contributed by atoms with Gasteiger partial charge in [-0.1, -0.05) is 20.8 Å². The zero-order chi connectivity index (χ0) is 19.9. The maximum atomic E-state index is 12.6. The van der Waals surface area contributed by atoms with Crippen LogP contribution in [0.5, 0.6) is 0 Å². The summed E-state index contributed by atoms with van der Waals surface area (Å²) in [7, 11) is 0. The maximum absolute atomic E-state index is 12.6. The summed E-state index contributed by atoms with van der Waals surface area (Å²) >= 11 is 0. The van der Waals surface area contributed by atoms with Crippen LogP contribution >= 0.6 is 0 Å². The number of aromatic amines is 1. The second kappa shape index (κ2) is 6.93. The van der Waals surface area contributed by atoms with Crippen LogP contribution in [-0.4, -0.2) is 84.0 Å². The Hall–Kier alpha value is -2.33. The number of nitrogens with zero attached hydrogens (tertiary/aromatic N) is 7. The number of fused-ring (bicyclic) bond motifs is 1. The van der Waals surface area contributed by atoms with Gasteiger partial charge in [0.25, 0.3) is 0 Å². The van der Waals surface area contributed by atoms with Crippen LogP contribution in [0.1, 0.15) is 32.2 Å². The summed E-state index contributed by atoms with van der Waals surface area (Å²) in [6.07, 6.45) is 1.44. The Labute approximate surface area is 163 Å². The van der Waals surface area contributed by atoms with E-state index in [4.69, 9.17) is 0 Å². The van der Waals surface area contributed by atoms with E-state index in [1.165, 1.54) is 11.0 Å². The number of nitrogens with one attached hydrogen (secondary N) is 1. The van der Waals surface area contributed by atoms with Gasteiger partial charge in [0.05, 0.1) is 12.3 Å². The molecule has 0 aliphatic carbocycles. The van der Waals surface area contributed by atoms with Crippen LogP contribution in [-0.2, 0) is 23.3 Å². The van der Waals surface area contributed by atoms with Crippen LogP contribution in [0.2, 0.25) is 0 Å². The van der Waals surface area contributed by atoms with E-state index in [0.29, 0.717) is 13.1 Å². The van der Waals surface area contributed by atoms with Crippen molar-refractivity contribution in [1.82, 2.24) is 40.2 Å². The average Bonchev–Trinajstić information content (AvgIpc) is 3.37. The van der Waals surface area contributed by atoms with Gasteiger partial charge in [0.1, 0.15) is 12.9 Å². The first-order valence-corrected chi connectivity index (χ1v) is 9.66. The van der Waals surface area contributed by atoms with E-state index in [0.717, 1.165) is 31.0 Å². The van der Waals surface area contributed by atoms with Gasteiger partial charge >= 0.3 is 0 Å². The third kappa shape index (κ3) is 3.53. The van der Waals surface area contributed by atoms with E-state index in [1.54, 1.807) is 0 Å². The van der Waals surface area contributed by atoms with Crippen molar-refractivity contribution in [2.45, 2.75) is 39.3 Å². The average molecular weight is 388 g/mol. The molecule has 0 aromatic carbocycles. The fourth-order valence-electron chi connectivity index (χ4n) is 4.38. The zero-order valence-corrected chi connectivity index (χ0v) is 16.7. The van der Waals surface area contributed by atoms with Gasteiger partial charge in [-0.2, -0.15) is 5.10 Å². The number of H-pyrrole nitrogens is 1. The predicted molar refractivity (Wildman–Crippen MR) is 100.0 cm³/mol. The van der Waals surface area contributed by atoms with Gasteiger partial charge in [0, 0.05) is 49.2 Å². The molecular formula is C18H28N8O2. The van der Waals surface area contributed by atoms with Crippen molar-refractivity contribution in [2.24, 2.45) is 11.3 Å². The van der Waals surface area contributed by atoms with Crippen molar-refractivity contribution < 1.29 is 9.90 Å². The van der Waals surface area contributed by atoms with Gasteiger partial charge < -0.3 is 10.0 Å². The molecule has 0 saturated carbocycles. The van der Waals surface area contributed by atoms with Crippen LogP contribution in [0.3, 0.4) is 0 Å². The minimum Gasteiger partial charge on any atom is -0.396 e. The summed E-state index contributed by atoms with van der Waals surface area (Å²) < 4.78 is 1.43. The summed E-state index contributed by atoms with van der Waals surface area (Å²) in [5.41, 5.74) is 1.90. The highest BCUT2D eigenvalue weighted by molar-refractivity contribution is 5.76. The lowest BCUT2D eigenvalue weighted by molar-refractivity contribution is -0.131. The second-order valence-corrected chi connectivity index (χ2v) is 9.20. The van der Waals surface area contributed by atoms with Gasteiger partial charge in [-0.3, -0.25) is 14.8 Å². The van der Waals surface area contributed by atoms with Crippen molar-refractivity contribution in [3.63, 3.8) is 0 Å². The first-order chi connectivity index (χ1) is 13.3. The molecule has 2 atom stereocenters. The van der Waals surface area contributed by atoms with Gasteiger partial charge in [-0.05, 0) is 22.4 Å². The molecule has 1 amide bonds. The number of likely N-dealkylation sites (tertiary alicyclic amines) is 2. The van der Waals surface area contributed by atoms with Crippen LogP contribution in [0.4, 0.5) is 0 Å². The smallest absolute Gasteiger partial charge is 0.244 e. The third-order valence-electron chi connectivity index (χ3n) is 5.98. The molecule has 0 radical (unpaired) electrons. The number of aromatic nitrogens is 6. The molecule has 2 saturated heterocycles. The van der Waals surface area contributed by atoms with Crippen molar-refractivity contribution in [3.05, 3.63) is 23.8 Å². The van der Waals surface area contributed by atoms with Gasteiger partial charge in [-0.15, -0.1) is 5.10 Å². The minimum atomic E-state index is -0.261. The quantitative estimate of drug-likeness (QED) is 0.719. The molecule has 10 nitrogen and oxygen atoms in total. The van der Waals surface area contributed by atoms with E-state index in [2.05, 4.69) is 57.5 Å². The van der Waals surface area contributed by atoms with Gasteiger partial charge in [-0.25, -0.2) is 4.68 Å². The largest absolute Gasteiger partial charge is 0.396 e. The molecule has 2 aromatic rings. The van der Waals surface area contributed by atoms with Crippen LogP contribution in [0, 0.1) is 11.3 Å². The predicted octanol–water partition coefficient (Wildman–Crippen LogP) is -0.353. The fourth-order valence-corrected chi connectivity index (χ4v) is 4.38. The highest BCUT2D eigenvalue weighted by Gasteiger charge is 2.53. The minimum absolute atomic E-state index is 0.00976. The second-order valence-electron chi connectivity index (χ2n) is 9.20. The van der Waals surface area contributed by atoms with Gasteiger partial charge in [0.2, 0.25) is 5.91 Å². The number of aliphatic hydroxyl groups excluding tert-OH is 1. The summed E-state index contributed by atoms with van der Waals surface area (Å²) in [4.78, 5) is 16.8. The number of carbonyl (C=O) groups is 1. The Morgan fingerprint density at radius 2 is 2.18 bits per heavy atom. The maximum Gasteiger partial charge on any atom is 0.244 e. The normalized spacial score (nSPS) is 25.4. The van der Waals surface area contributed by atoms with E-state index in [9.17, 15) is 9.90 Å². The number of hydrogen-bond donors (Lipinski definition) is 2. The molecule has 2 unspecified atom stereocenters. The molecular weight excluding hydrogens is 360 g/mol. The van der Waals surface area contributed by atoms with Crippen LogP contribution in [0.15, 0.2) is 12.4 Å². The van der Waals surface area contributed by atoms with E-state index >= 15 is 0 Å². The number of rotatable bonds is 5. The molecule has 0 bridgehead atoms. The fraction of sp³-hybridized carbons (Fsp3) is 0.722. The lowest BCUT2D eigenvalue weighted by Crippen LogP contribution is -2.39. The van der Waals surface area contributed by atoms with E-state index in [-0.39, 0.29) is 35.8 Å². The van der Waals surface area contributed by atoms with Crippen molar-refractivity contribution in [3.8, 4) is 0 Å². The lowest BCUT2D eigenvalue weighted by atomic mass is 9.82. The molecule has 0 spiro atoms. The third-order valence-corrected chi connectivity index (χ3v) is 5.98. The molecule has 2 fully saturated rings. The van der Waals surface area contributed by atoms with E-state index < -0.39 is 0 Å². The SMILES string of the molecule is CC(C)(C)c1cc(CN2CC3CN(C(=O)Cn4cnnn4)CC3(CO)C2)[nH]n1. The number of amides is 1. The topological polar surface area (TPSA) is 116 Å². The highest BCUT2D eigenvalue weighted by Crippen LogP contribution is 2.42. The number of aliphatic hydroxyl groups is 1. The monoisotopic (exact) mass is 388 g/mol. The van der Waals surface area contributed by atoms with Crippen LogP contribution < -0.4 is 0 Å². The summed E-state index contributed by atoms with van der Waals surface area (Å²) in [5, 5.41) is 28.6. The molecule has 2 aromatic heterocycles. The number of carbonyl (C=O) groups excluding carboxylic acids is 1. The highest BCUT2D eigenvalue weighted by atomic mass is 16.3.